The van der Waals surface area contributed by atoms with Crippen molar-refractivity contribution in [1.29, 1.82) is 0 Å². The summed E-state index contributed by atoms with van der Waals surface area (Å²) >= 11 is 0. The minimum atomic E-state index is 0.535. The summed E-state index contributed by atoms with van der Waals surface area (Å²) in [4.78, 5) is 8.97. The van der Waals surface area contributed by atoms with Gasteiger partial charge in [-0.3, -0.25) is 4.81 Å². The van der Waals surface area contributed by atoms with E-state index >= 15 is 0 Å². The van der Waals surface area contributed by atoms with E-state index in [-0.39, 0.29) is 0 Å². The highest BCUT2D eigenvalue weighted by Gasteiger charge is 1.84. The minimum Gasteiger partial charge on any atom is -0.362 e. The van der Waals surface area contributed by atoms with Gasteiger partial charge in [0.1, 0.15) is 6.26 Å². The van der Waals surface area contributed by atoms with Crippen molar-refractivity contribution in [3.63, 3.8) is 0 Å². The second-order valence-electron chi connectivity index (χ2n) is 1.14. The van der Waals surface area contributed by atoms with Crippen LogP contribution in [0.4, 0.5) is 0 Å². The second kappa shape index (κ2) is 2.47. The third kappa shape index (κ3) is 1.46. The summed E-state index contributed by atoms with van der Waals surface area (Å²) in [5, 5.41) is 0. The molecule has 0 fully saturated rings. The summed E-state index contributed by atoms with van der Waals surface area (Å²) in [6.45, 7) is 0. The molecule has 3 heteroatoms. The fraction of sp³-hybridized carbons (Fsp3) is 0. The quantitative estimate of drug-likeness (QED) is 0.319. The lowest BCUT2D eigenvalue weighted by atomic mass is 10.0. The number of hydrogen-bond acceptors (Lipinski definition) is 2. The third-order valence-electron chi connectivity index (χ3n) is 0.614. The Bertz CT molecular complexity index is 85.9. The SMILES string of the molecule is B1C=CC=COO1. The van der Waals surface area contributed by atoms with E-state index in [1.165, 1.54) is 6.26 Å². The second-order valence-corrected chi connectivity index (χ2v) is 1.14. The van der Waals surface area contributed by atoms with Crippen LogP contribution in [-0.2, 0) is 9.69 Å². The average molecular weight is 95.9 g/mol. The Morgan fingerprint density at radius 3 is 3.29 bits per heavy atom. The number of rotatable bonds is 0. The molecule has 0 unspecified atom stereocenters. The minimum absolute atomic E-state index is 0.535. The van der Waals surface area contributed by atoms with Crippen LogP contribution in [0.3, 0.4) is 0 Å². The van der Waals surface area contributed by atoms with Crippen molar-refractivity contribution >= 4 is 7.48 Å². The monoisotopic (exact) mass is 96.0 g/mol. The first-order valence-electron chi connectivity index (χ1n) is 2.10. The van der Waals surface area contributed by atoms with Gasteiger partial charge in [0.2, 0.25) is 0 Å². The van der Waals surface area contributed by atoms with Crippen molar-refractivity contribution in [2.75, 3.05) is 0 Å². The smallest absolute Gasteiger partial charge is 0.362 e. The van der Waals surface area contributed by atoms with Gasteiger partial charge in [0.25, 0.3) is 0 Å². The third-order valence-corrected chi connectivity index (χ3v) is 0.614. The molecular weight excluding hydrogens is 90.9 g/mol. The molecule has 1 aliphatic heterocycles. The van der Waals surface area contributed by atoms with Gasteiger partial charge in [0.15, 0.2) is 0 Å². The lowest BCUT2D eigenvalue weighted by Gasteiger charge is -1.89. The molecule has 0 aromatic rings. The van der Waals surface area contributed by atoms with Crippen LogP contribution in [0.5, 0.6) is 0 Å². The predicted molar refractivity (Wildman–Crippen MR) is 27.6 cm³/mol. The first-order valence-corrected chi connectivity index (χ1v) is 2.10. The van der Waals surface area contributed by atoms with Crippen molar-refractivity contribution in [3.05, 3.63) is 24.4 Å². The fourth-order valence-corrected chi connectivity index (χ4v) is 0.329. The lowest BCUT2D eigenvalue weighted by Crippen LogP contribution is -1.88. The van der Waals surface area contributed by atoms with Gasteiger partial charge in [-0.1, -0.05) is 12.1 Å². The van der Waals surface area contributed by atoms with Crippen LogP contribution in [0.15, 0.2) is 24.4 Å². The van der Waals surface area contributed by atoms with Gasteiger partial charge < -0.3 is 4.89 Å². The summed E-state index contributed by atoms with van der Waals surface area (Å²) in [5.41, 5.74) is 0. The molecule has 0 aliphatic carbocycles. The van der Waals surface area contributed by atoms with E-state index in [2.05, 4.69) is 9.69 Å². The number of hydrogen-bond donors (Lipinski definition) is 0. The molecule has 1 rings (SSSR count). The Hall–Kier alpha value is -0.695. The van der Waals surface area contributed by atoms with Crippen molar-refractivity contribution < 1.29 is 9.69 Å². The zero-order valence-corrected chi connectivity index (χ0v) is 3.83. The molecule has 0 saturated heterocycles. The maximum atomic E-state index is 4.52. The van der Waals surface area contributed by atoms with Crippen LogP contribution < -0.4 is 0 Å². The fourth-order valence-electron chi connectivity index (χ4n) is 0.329. The molecule has 1 heterocycles. The largest absolute Gasteiger partial charge is 0.364 e. The van der Waals surface area contributed by atoms with Gasteiger partial charge >= 0.3 is 7.48 Å². The van der Waals surface area contributed by atoms with Gasteiger partial charge in [-0.15, -0.1) is 0 Å². The van der Waals surface area contributed by atoms with Crippen molar-refractivity contribution in [3.8, 4) is 0 Å². The summed E-state index contributed by atoms with van der Waals surface area (Å²) in [5.74, 6) is 1.86. The Morgan fingerprint density at radius 2 is 2.29 bits per heavy atom. The van der Waals surface area contributed by atoms with Crippen LogP contribution >= 0.6 is 0 Å². The van der Waals surface area contributed by atoms with Gasteiger partial charge in [-0.25, -0.2) is 0 Å². The van der Waals surface area contributed by atoms with E-state index in [4.69, 9.17) is 0 Å². The number of allylic oxidation sites excluding steroid dienone is 2. The van der Waals surface area contributed by atoms with E-state index in [1.807, 2.05) is 12.1 Å². The van der Waals surface area contributed by atoms with Crippen LogP contribution in [0, 0.1) is 0 Å². The molecule has 0 spiro atoms. The van der Waals surface area contributed by atoms with E-state index in [1.54, 1.807) is 6.08 Å². The average Bonchev–Trinajstić information content (AvgIpc) is 1.90. The van der Waals surface area contributed by atoms with E-state index in [0.29, 0.717) is 7.48 Å². The molecule has 0 aromatic carbocycles. The highest BCUT2D eigenvalue weighted by Crippen LogP contribution is 1.86. The molecule has 36 valence electrons. The summed E-state index contributed by atoms with van der Waals surface area (Å²) in [6.07, 6.45) is 5.13. The van der Waals surface area contributed by atoms with Crippen LogP contribution in [0.1, 0.15) is 0 Å². The topological polar surface area (TPSA) is 18.5 Å². The molecule has 0 bridgehead atoms. The Labute approximate surface area is 42.6 Å². The molecule has 1 aliphatic rings. The molecule has 0 N–H and O–H groups in total. The predicted octanol–water partition coefficient (Wildman–Crippen LogP) is 0.327. The first-order chi connectivity index (χ1) is 3.50. The normalized spacial score (nSPS) is 17.1. The highest BCUT2D eigenvalue weighted by molar-refractivity contribution is 6.34. The molecule has 0 saturated carbocycles. The highest BCUT2D eigenvalue weighted by atomic mass is 17.2. The van der Waals surface area contributed by atoms with Crippen molar-refractivity contribution in [1.82, 2.24) is 0 Å². The molecular formula is C4H5BO2. The molecule has 0 radical (unpaired) electrons. The Balaban J connectivity index is 2.39. The maximum Gasteiger partial charge on any atom is 0.364 e. The van der Waals surface area contributed by atoms with E-state index in [0.717, 1.165) is 0 Å². The summed E-state index contributed by atoms with van der Waals surface area (Å²) in [7, 11) is 0.535. The first kappa shape index (κ1) is 4.46. The molecule has 0 amide bonds. The van der Waals surface area contributed by atoms with Crippen molar-refractivity contribution in [2.24, 2.45) is 0 Å². The summed E-state index contributed by atoms with van der Waals surface area (Å²) in [6, 6.07) is 0. The lowest BCUT2D eigenvalue weighted by molar-refractivity contribution is -0.147. The van der Waals surface area contributed by atoms with Gasteiger partial charge in [-0.2, -0.15) is 0 Å². The van der Waals surface area contributed by atoms with E-state index < -0.39 is 0 Å². The zero-order chi connectivity index (χ0) is 4.95. The Morgan fingerprint density at radius 1 is 1.29 bits per heavy atom. The summed E-state index contributed by atoms with van der Waals surface area (Å²) < 4.78 is 0. The molecule has 7 heavy (non-hydrogen) atoms. The van der Waals surface area contributed by atoms with E-state index in [9.17, 15) is 0 Å². The van der Waals surface area contributed by atoms with Crippen LogP contribution in [0.25, 0.3) is 0 Å². The van der Waals surface area contributed by atoms with Gasteiger partial charge in [0, 0.05) is 0 Å². The van der Waals surface area contributed by atoms with Crippen molar-refractivity contribution in [2.45, 2.75) is 0 Å². The van der Waals surface area contributed by atoms with Crippen LogP contribution in [0.2, 0.25) is 0 Å². The van der Waals surface area contributed by atoms with Gasteiger partial charge in [-0.05, 0) is 6.08 Å². The molecule has 0 atom stereocenters. The van der Waals surface area contributed by atoms with Gasteiger partial charge in [0.05, 0.1) is 0 Å². The Kier molecular flexibility index (Phi) is 1.58. The maximum absolute atomic E-state index is 4.52. The molecule has 0 aromatic heterocycles. The standard InChI is InChI=1S/C4H5BO2/c1-2-4-6-7-5-3-1/h1-5H. The van der Waals surface area contributed by atoms with Crippen LogP contribution in [-0.4, -0.2) is 7.48 Å². The molecule has 2 nitrogen and oxygen atoms in total. The zero-order valence-electron chi connectivity index (χ0n) is 3.83.